The van der Waals surface area contributed by atoms with Crippen LogP contribution >= 0.6 is 11.8 Å². The summed E-state index contributed by atoms with van der Waals surface area (Å²) in [5, 5.41) is -0.999. The molecule has 1 aromatic rings. The van der Waals surface area contributed by atoms with Crippen molar-refractivity contribution in [2.45, 2.75) is 25.5 Å². The Morgan fingerprint density at radius 3 is 2.57 bits per heavy atom. The highest BCUT2D eigenvalue weighted by Crippen LogP contribution is 2.24. The summed E-state index contributed by atoms with van der Waals surface area (Å²) in [7, 11) is -4.11. The van der Waals surface area contributed by atoms with Gasteiger partial charge in [-0.05, 0) is 13.3 Å². The van der Waals surface area contributed by atoms with Crippen molar-refractivity contribution in [3.05, 3.63) is 17.7 Å². The minimum Gasteiger partial charge on any atom is -0.285 e. The van der Waals surface area contributed by atoms with Crippen molar-refractivity contribution in [2.75, 3.05) is 0 Å². The molecule has 0 aliphatic heterocycles. The summed E-state index contributed by atoms with van der Waals surface area (Å²) in [6.07, 6.45) is 1.64. The fourth-order valence-corrected chi connectivity index (χ4v) is 2.18. The summed E-state index contributed by atoms with van der Waals surface area (Å²) < 4.78 is 32.0. The van der Waals surface area contributed by atoms with Gasteiger partial charge in [-0.3, -0.25) is 4.55 Å². The van der Waals surface area contributed by atoms with E-state index >= 15 is 0 Å². The molecular weight excluding hydrogens is 228 g/mol. The maximum absolute atomic E-state index is 10.9. The first-order valence-corrected chi connectivity index (χ1v) is 5.88. The molecular formula is C7H11ClN2O3S. The van der Waals surface area contributed by atoms with Gasteiger partial charge in [0.1, 0.15) is 11.1 Å². The van der Waals surface area contributed by atoms with E-state index < -0.39 is 15.4 Å². The lowest BCUT2D eigenvalue weighted by Gasteiger charge is -2.06. The molecule has 1 atom stereocenters. The average molecular weight is 239 g/mol. The first-order chi connectivity index (χ1) is 6.36. The molecule has 0 saturated heterocycles. The summed E-state index contributed by atoms with van der Waals surface area (Å²) in [4.78, 5) is 3.94. The fourth-order valence-electron chi connectivity index (χ4n) is 1.20. The predicted octanol–water partition coefficient (Wildman–Crippen LogP) is 1.53. The highest BCUT2D eigenvalue weighted by Gasteiger charge is 2.26. The minimum absolute atomic E-state index is 0.256. The molecule has 1 aromatic heterocycles. The molecule has 0 amide bonds. The van der Waals surface area contributed by atoms with E-state index in [1.165, 1.54) is 10.3 Å². The summed E-state index contributed by atoms with van der Waals surface area (Å²) >= 11 is 5.66. The fraction of sp³-hybridized carbons (Fsp3) is 0.571. The Hall–Kier alpha value is -0.590. The molecule has 1 heterocycles. The zero-order valence-electron chi connectivity index (χ0n) is 7.81. The van der Waals surface area contributed by atoms with Crippen LogP contribution in [0.15, 0.2) is 6.20 Å². The molecule has 1 N–H and O–H groups in total. The largest absolute Gasteiger partial charge is 0.285 e. The maximum Gasteiger partial charge on any atom is 0.273 e. The van der Waals surface area contributed by atoms with Gasteiger partial charge in [0.15, 0.2) is 0 Å². The molecule has 1 rings (SSSR count). The molecule has 5 nitrogen and oxygen atoms in total. The Morgan fingerprint density at radius 1 is 1.71 bits per heavy atom. The number of nitrogens with zero attached hydrogens (tertiary/aromatic N) is 2. The van der Waals surface area contributed by atoms with Crippen molar-refractivity contribution in [2.24, 2.45) is 0 Å². The molecule has 14 heavy (non-hydrogen) atoms. The van der Waals surface area contributed by atoms with Crippen LogP contribution < -0.4 is 0 Å². The van der Waals surface area contributed by atoms with Crippen molar-refractivity contribution in [1.29, 1.82) is 0 Å². The van der Waals surface area contributed by atoms with Gasteiger partial charge in [-0.25, -0.2) is 9.07 Å². The van der Waals surface area contributed by atoms with Crippen molar-refractivity contribution in [3.63, 3.8) is 0 Å². The summed E-state index contributed by atoms with van der Waals surface area (Å²) in [6.45, 7) is 3.30. The quantitative estimate of drug-likeness (QED) is 0.811. The van der Waals surface area contributed by atoms with E-state index in [-0.39, 0.29) is 12.1 Å². The Balaban J connectivity index is 3.14. The number of hydrogen-bond donors (Lipinski definition) is 1. The highest BCUT2D eigenvalue weighted by atomic mass is 35.5. The summed E-state index contributed by atoms with van der Waals surface area (Å²) in [6, 6.07) is 0. The van der Waals surface area contributed by atoms with Gasteiger partial charge >= 0.3 is 0 Å². The molecule has 0 fully saturated rings. The van der Waals surface area contributed by atoms with Gasteiger partial charge in [0.05, 0.1) is 5.69 Å². The maximum atomic E-state index is 10.9. The van der Waals surface area contributed by atoms with Gasteiger partial charge in [-0.1, -0.05) is 6.92 Å². The second-order valence-electron chi connectivity index (χ2n) is 2.94. The minimum atomic E-state index is -4.11. The molecule has 0 aliphatic rings. The summed E-state index contributed by atoms with van der Waals surface area (Å²) in [5.41, 5.74) is 0.266. The van der Waals surface area contributed by atoms with Crippen LogP contribution in [0.2, 0.25) is 0 Å². The number of aryl methyl sites for hydroxylation is 1. The van der Waals surface area contributed by atoms with Gasteiger partial charge in [-0.2, -0.15) is 8.42 Å². The van der Waals surface area contributed by atoms with Gasteiger partial charge in [0.2, 0.25) is 0 Å². The smallest absolute Gasteiger partial charge is 0.273 e. The normalized spacial score (nSPS) is 14.3. The van der Waals surface area contributed by atoms with Crippen LogP contribution in [0.25, 0.3) is 0 Å². The van der Waals surface area contributed by atoms with Crippen LogP contribution in [0.4, 0.5) is 0 Å². The molecule has 7 heteroatoms. The molecule has 0 radical (unpaired) electrons. The van der Waals surface area contributed by atoms with E-state index in [0.29, 0.717) is 5.82 Å². The van der Waals surface area contributed by atoms with E-state index in [1.807, 2.05) is 0 Å². The Morgan fingerprint density at radius 2 is 2.29 bits per heavy atom. The van der Waals surface area contributed by atoms with E-state index in [4.69, 9.17) is 16.3 Å². The van der Waals surface area contributed by atoms with Gasteiger partial charge < -0.3 is 0 Å². The monoisotopic (exact) mass is 238 g/mol. The summed E-state index contributed by atoms with van der Waals surface area (Å²) in [5.74, 6) is 0.490. The highest BCUT2D eigenvalue weighted by molar-refractivity contribution is 7.86. The number of halogens is 1. The third kappa shape index (κ3) is 2.26. The molecule has 0 spiro atoms. The van der Waals surface area contributed by atoms with E-state index in [9.17, 15) is 8.42 Å². The molecule has 80 valence electrons. The van der Waals surface area contributed by atoms with E-state index in [1.54, 1.807) is 13.8 Å². The predicted molar refractivity (Wildman–Crippen MR) is 52.8 cm³/mol. The number of rotatable bonds is 3. The van der Waals surface area contributed by atoms with Crippen LogP contribution in [0.3, 0.4) is 0 Å². The van der Waals surface area contributed by atoms with Crippen LogP contribution in [0.5, 0.6) is 0 Å². The van der Waals surface area contributed by atoms with Crippen molar-refractivity contribution < 1.29 is 13.0 Å². The second-order valence-corrected chi connectivity index (χ2v) is 4.90. The number of hydrogen-bond acceptors (Lipinski definition) is 3. The average Bonchev–Trinajstić information content (AvgIpc) is 2.30. The number of aromatic nitrogens is 2. The van der Waals surface area contributed by atoms with E-state index in [2.05, 4.69) is 4.98 Å². The molecule has 1 unspecified atom stereocenters. The Labute approximate surface area is 87.6 Å². The lowest BCUT2D eigenvalue weighted by atomic mass is 10.3. The van der Waals surface area contributed by atoms with Gasteiger partial charge in [0, 0.05) is 18.0 Å². The van der Waals surface area contributed by atoms with Crippen molar-refractivity contribution in [1.82, 2.24) is 9.07 Å². The standard InChI is InChI=1S/C7H11ClN2O3S/c1-3-7(14(11,12)13)6-4-10(8)5(2)9-6/h4,7H,3H2,1-2H3,(H,11,12,13). The van der Waals surface area contributed by atoms with Crippen molar-refractivity contribution in [3.8, 4) is 0 Å². The number of imidazole rings is 1. The topological polar surface area (TPSA) is 72.2 Å². The second kappa shape index (κ2) is 3.88. The Bertz CT molecular complexity index is 407. The SMILES string of the molecule is CCC(c1cn(Cl)c(C)n1)S(=O)(=O)O. The molecule has 0 aliphatic carbocycles. The Kier molecular flexibility index (Phi) is 3.18. The first kappa shape index (κ1) is 11.5. The van der Waals surface area contributed by atoms with Crippen LogP contribution in [-0.2, 0) is 10.1 Å². The lowest BCUT2D eigenvalue weighted by Crippen LogP contribution is -2.11. The lowest BCUT2D eigenvalue weighted by molar-refractivity contribution is 0.465. The van der Waals surface area contributed by atoms with Crippen molar-refractivity contribution >= 4 is 21.9 Å². The first-order valence-electron chi connectivity index (χ1n) is 4.04. The molecule has 0 saturated carbocycles. The van der Waals surface area contributed by atoms with Crippen LogP contribution in [0.1, 0.15) is 30.1 Å². The third-order valence-corrected chi connectivity index (χ3v) is 3.54. The van der Waals surface area contributed by atoms with E-state index in [0.717, 1.165) is 0 Å². The van der Waals surface area contributed by atoms with Crippen LogP contribution in [-0.4, -0.2) is 22.0 Å². The van der Waals surface area contributed by atoms with Crippen LogP contribution in [0, 0.1) is 6.92 Å². The van der Waals surface area contributed by atoms with Gasteiger partial charge in [0.25, 0.3) is 10.1 Å². The van der Waals surface area contributed by atoms with Gasteiger partial charge in [-0.15, -0.1) is 0 Å². The third-order valence-electron chi connectivity index (χ3n) is 1.91. The zero-order valence-corrected chi connectivity index (χ0v) is 9.38. The zero-order chi connectivity index (χ0) is 10.9. The molecule has 0 aromatic carbocycles. The molecule has 0 bridgehead atoms.